The molecule has 2 rings (SSSR count). The van der Waals surface area contributed by atoms with Crippen LogP contribution in [0.15, 0.2) is 28.7 Å². The van der Waals surface area contributed by atoms with Gasteiger partial charge in [0.1, 0.15) is 12.3 Å². The van der Waals surface area contributed by atoms with Crippen molar-refractivity contribution in [1.29, 1.82) is 0 Å². The third kappa shape index (κ3) is 2.44. The summed E-state index contributed by atoms with van der Waals surface area (Å²) in [7, 11) is 1.82. The monoisotopic (exact) mass is 295 g/mol. The zero-order valence-electron chi connectivity index (χ0n) is 9.77. The molecule has 5 heteroatoms. The number of nitrogen functional groups attached to an aromatic ring is 1. The summed E-state index contributed by atoms with van der Waals surface area (Å²) < 4.78 is 8.38. The van der Waals surface area contributed by atoms with Gasteiger partial charge in [-0.25, -0.2) is 4.68 Å². The highest BCUT2D eigenvalue weighted by Crippen LogP contribution is 2.25. The van der Waals surface area contributed by atoms with E-state index in [1.807, 2.05) is 38.2 Å². The van der Waals surface area contributed by atoms with Gasteiger partial charge in [0.15, 0.2) is 0 Å². The number of aromatic nitrogens is 2. The van der Waals surface area contributed by atoms with Crippen LogP contribution in [0.25, 0.3) is 0 Å². The zero-order valence-corrected chi connectivity index (χ0v) is 11.4. The predicted octanol–water partition coefficient (Wildman–Crippen LogP) is 2.65. The topological polar surface area (TPSA) is 53.1 Å². The molecule has 0 unspecified atom stereocenters. The van der Waals surface area contributed by atoms with Crippen LogP contribution in [0.3, 0.4) is 0 Å². The Hall–Kier alpha value is -1.49. The second-order valence-electron chi connectivity index (χ2n) is 3.81. The highest BCUT2D eigenvalue weighted by molar-refractivity contribution is 9.10. The Morgan fingerprint density at radius 1 is 1.41 bits per heavy atom. The maximum absolute atomic E-state index is 5.89. The molecule has 0 aliphatic rings. The van der Waals surface area contributed by atoms with Crippen LogP contribution in [-0.4, -0.2) is 9.78 Å². The lowest BCUT2D eigenvalue weighted by Crippen LogP contribution is -2.03. The first-order valence-corrected chi connectivity index (χ1v) is 6.04. The molecule has 0 aliphatic carbocycles. The molecule has 1 aromatic heterocycles. The second-order valence-corrected chi connectivity index (χ2v) is 4.66. The Kier molecular flexibility index (Phi) is 3.38. The number of rotatable bonds is 3. The Bertz CT molecular complexity index is 537. The lowest BCUT2D eigenvalue weighted by molar-refractivity contribution is 0.280. The molecule has 1 aromatic carbocycles. The van der Waals surface area contributed by atoms with E-state index in [1.165, 1.54) is 0 Å². The fourth-order valence-corrected chi connectivity index (χ4v) is 1.99. The van der Waals surface area contributed by atoms with Crippen LogP contribution in [0.2, 0.25) is 0 Å². The van der Waals surface area contributed by atoms with Crippen molar-refractivity contribution in [2.45, 2.75) is 13.5 Å². The van der Waals surface area contributed by atoms with Gasteiger partial charge in [0.2, 0.25) is 5.88 Å². The smallest absolute Gasteiger partial charge is 0.236 e. The molecule has 1 heterocycles. The van der Waals surface area contributed by atoms with Gasteiger partial charge < -0.3 is 10.5 Å². The van der Waals surface area contributed by atoms with Crippen molar-refractivity contribution >= 4 is 21.6 Å². The molecule has 2 aromatic rings. The van der Waals surface area contributed by atoms with Gasteiger partial charge in [0.05, 0.1) is 5.69 Å². The standard InChI is InChI=1S/C12H14BrN3O/c1-8-11(14)12(16(2)15-8)17-7-9-5-3-4-6-10(9)13/h3-6H,7,14H2,1-2H3. The first-order chi connectivity index (χ1) is 8.09. The van der Waals surface area contributed by atoms with Crippen LogP contribution in [0.5, 0.6) is 5.88 Å². The fraction of sp³-hybridized carbons (Fsp3) is 0.250. The number of hydrogen-bond acceptors (Lipinski definition) is 3. The quantitative estimate of drug-likeness (QED) is 0.947. The number of benzene rings is 1. The van der Waals surface area contributed by atoms with E-state index >= 15 is 0 Å². The van der Waals surface area contributed by atoms with E-state index in [-0.39, 0.29) is 0 Å². The summed E-state index contributed by atoms with van der Waals surface area (Å²) in [6, 6.07) is 7.93. The average Bonchev–Trinajstić information content (AvgIpc) is 2.53. The van der Waals surface area contributed by atoms with E-state index in [0.717, 1.165) is 15.7 Å². The summed E-state index contributed by atoms with van der Waals surface area (Å²) in [4.78, 5) is 0. The van der Waals surface area contributed by atoms with Gasteiger partial charge in [-0.2, -0.15) is 5.10 Å². The summed E-state index contributed by atoms with van der Waals surface area (Å²) in [5.41, 5.74) is 8.34. The first kappa shape index (κ1) is 12.0. The van der Waals surface area contributed by atoms with Crippen molar-refractivity contribution < 1.29 is 4.74 Å². The van der Waals surface area contributed by atoms with E-state index in [0.29, 0.717) is 18.2 Å². The summed E-state index contributed by atoms with van der Waals surface area (Å²) in [6.45, 7) is 2.32. The average molecular weight is 296 g/mol. The van der Waals surface area contributed by atoms with Gasteiger partial charge in [-0.05, 0) is 13.0 Å². The van der Waals surface area contributed by atoms with Crippen molar-refractivity contribution in [2.75, 3.05) is 5.73 Å². The summed E-state index contributed by atoms with van der Waals surface area (Å²) >= 11 is 3.48. The Morgan fingerprint density at radius 3 is 2.71 bits per heavy atom. The minimum Gasteiger partial charge on any atom is -0.471 e. The van der Waals surface area contributed by atoms with Gasteiger partial charge in [-0.15, -0.1) is 0 Å². The van der Waals surface area contributed by atoms with Crippen molar-refractivity contribution in [3.8, 4) is 5.88 Å². The maximum atomic E-state index is 5.89. The molecule has 0 radical (unpaired) electrons. The van der Waals surface area contributed by atoms with Gasteiger partial charge in [-0.1, -0.05) is 34.1 Å². The first-order valence-electron chi connectivity index (χ1n) is 5.25. The lowest BCUT2D eigenvalue weighted by atomic mass is 10.2. The lowest BCUT2D eigenvalue weighted by Gasteiger charge is -2.08. The van der Waals surface area contributed by atoms with Gasteiger partial charge in [-0.3, -0.25) is 0 Å². The van der Waals surface area contributed by atoms with Crippen molar-refractivity contribution in [1.82, 2.24) is 9.78 Å². The van der Waals surface area contributed by atoms with Crippen molar-refractivity contribution in [2.24, 2.45) is 7.05 Å². The number of nitrogens with two attached hydrogens (primary N) is 1. The third-order valence-electron chi connectivity index (χ3n) is 2.54. The molecule has 17 heavy (non-hydrogen) atoms. The Balaban J connectivity index is 2.15. The van der Waals surface area contributed by atoms with Crippen LogP contribution < -0.4 is 10.5 Å². The predicted molar refractivity (Wildman–Crippen MR) is 70.8 cm³/mol. The van der Waals surface area contributed by atoms with Crippen molar-refractivity contribution in [3.63, 3.8) is 0 Å². The van der Waals surface area contributed by atoms with Gasteiger partial charge in [0.25, 0.3) is 0 Å². The molecule has 0 saturated heterocycles. The minimum absolute atomic E-state index is 0.463. The normalized spacial score (nSPS) is 10.5. The zero-order chi connectivity index (χ0) is 12.4. The SMILES string of the molecule is Cc1nn(C)c(OCc2ccccc2Br)c1N. The van der Waals surface area contributed by atoms with Crippen LogP contribution in [0.1, 0.15) is 11.3 Å². The Labute approximate surface area is 109 Å². The fourth-order valence-electron chi connectivity index (χ4n) is 1.59. The molecule has 0 spiro atoms. The minimum atomic E-state index is 0.463. The highest BCUT2D eigenvalue weighted by atomic mass is 79.9. The number of hydrogen-bond donors (Lipinski definition) is 1. The van der Waals surface area contributed by atoms with E-state index < -0.39 is 0 Å². The van der Waals surface area contributed by atoms with Crippen LogP contribution in [-0.2, 0) is 13.7 Å². The summed E-state index contributed by atoms with van der Waals surface area (Å²) in [5.74, 6) is 0.609. The second kappa shape index (κ2) is 4.79. The summed E-state index contributed by atoms with van der Waals surface area (Å²) in [6.07, 6.45) is 0. The van der Waals surface area contributed by atoms with Gasteiger partial charge >= 0.3 is 0 Å². The molecule has 0 fully saturated rings. The molecule has 2 N–H and O–H groups in total. The van der Waals surface area contributed by atoms with E-state index in [4.69, 9.17) is 10.5 Å². The largest absolute Gasteiger partial charge is 0.471 e. The number of aryl methyl sites for hydroxylation is 2. The van der Waals surface area contributed by atoms with Crippen LogP contribution in [0, 0.1) is 6.92 Å². The van der Waals surface area contributed by atoms with Crippen LogP contribution >= 0.6 is 15.9 Å². The molecule has 0 bridgehead atoms. The highest BCUT2D eigenvalue weighted by Gasteiger charge is 2.11. The number of halogens is 1. The van der Waals surface area contributed by atoms with E-state index in [1.54, 1.807) is 4.68 Å². The maximum Gasteiger partial charge on any atom is 0.236 e. The summed E-state index contributed by atoms with van der Waals surface area (Å²) in [5, 5.41) is 4.20. The molecule has 90 valence electrons. The third-order valence-corrected chi connectivity index (χ3v) is 3.31. The molecule has 0 amide bonds. The van der Waals surface area contributed by atoms with Gasteiger partial charge in [0, 0.05) is 17.1 Å². The molecule has 0 aliphatic heterocycles. The Morgan fingerprint density at radius 2 is 2.12 bits per heavy atom. The number of anilines is 1. The molecular formula is C12H14BrN3O. The van der Waals surface area contributed by atoms with E-state index in [2.05, 4.69) is 21.0 Å². The van der Waals surface area contributed by atoms with Crippen molar-refractivity contribution in [3.05, 3.63) is 40.0 Å². The van der Waals surface area contributed by atoms with E-state index in [9.17, 15) is 0 Å². The molecule has 0 atom stereocenters. The van der Waals surface area contributed by atoms with Crippen LogP contribution in [0.4, 0.5) is 5.69 Å². The number of nitrogens with zero attached hydrogens (tertiary/aromatic N) is 2. The number of ether oxygens (including phenoxy) is 1. The molecule has 4 nitrogen and oxygen atoms in total. The molecular weight excluding hydrogens is 282 g/mol. The molecule has 0 saturated carbocycles.